The fourth-order valence-electron chi connectivity index (χ4n) is 1.94. The lowest BCUT2D eigenvalue weighted by atomic mass is 9.99. The van der Waals surface area contributed by atoms with Gasteiger partial charge in [-0.1, -0.05) is 60.7 Å². The van der Waals surface area contributed by atoms with Gasteiger partial charge < -0.3 is 15.5 Å². The van der Waals surface area contributed by atoms with Crippen LogP contribution in [0.2, 0.25) is 0 Å². The summed E-state index contributed by atoms with van der Waals surface area (Å²) in [5, 5.41) is 21.1. The lowest BCUT2D eigenvalue weighted by molar-refractivity contribution is -0.0382. The molecule has 0 saturated carbocycles. The lowest BCUT2D eigenvalue weighted by Gasteiger charge is -2.20. The number of nitrogens with one attached hydrogen (secondary N) is 1. The first kappa shape index (κ1) is 12.8. The van der Waals surface area contributed by atoms with Crippen molar-refractivity contribution in [2.75, 3.05) is 6.54 Å². The first-order chi connectivity index (χ1) is 8.77. The van der Waals surface area contributed by atoms with E-state index in [9.17, 15) is 0 Å². The Morgan fingerprint density at radius 3 is 1.61 bits per heavy atom. The minimum atomic E-state index is -1.35. The molecule has 0 aliphatic rings. The van der Waals surface area contributed by atoms with Gasteiger partial charge in [0.05, 0.1) is 6.04 Å². The highest BCUT2D eigenvalue weighted by Crippen LogP contribution is 2.21. The monoisotopic (exact) mass is 243 g/mol. The molecule has 94 valence electrons. The van der Waals surface area contributed by atoms with Crippen molar-refractivity contribution in [2.24, 2.45) is 0 Å². The van der Waals surface area contributed by atoms with E-state index in [2.05, 4.69) is 5.32 Å². The van der Waals surface area contributed by atoms with Crippen LogP contribution in [-0.2, 0) is 0 Å². The molecule has 0 aromatic heterocycles. The first-order valence-corrected chi connectivity index (χ1v) is 5.97. The zero-order valence-electron chi connectivity index (χ0n) is 10.0. The number of rotatable bonds is 5. The van der Waals surface area contributed by atoms with Crippen molar-refractivity contribution in [3.63, 3.8) is 0 Å². The molecule has 3 heteroatoms. The summed E-state index contributed by atoms with van der Waals surface area (Å²) in [6, 6.07) is 19.9. The number of hydrogen-bond donors (Lipinski definition) is 3. The Labute approximate surface area is 107 Å². The Bertz CT molecular complexity index is 417. The molecule has 3 nitrogen and oxygen atoms in total. The third kappa shape index (κ3) is 3.40. The zero-order valence-corrected chi connectivity index (χ0v) is 10.0. The van der Waals surface area contributed by atoms with E-state index in [1.807, 2.05) is 60.7 Å². The van der Waals surface area contributed by atoms with Crippen molar-refractivity contribution in [3.8, 4) is 0 Å². The van der Waals surface area contributed by atoms with Gasteiger partial charge in [0.25, 0.3) is 0 Å². The Kier molecular flexibility index (Phi) is 4.47. The molecule has 0 spiro atoms. The third-order valence-corrected chi connectivity index (χ3v) is 2.77. The van der Waals surface area contributed by atoms with Gasteiger partial charge in [0.15, 0.2) is 6.29 Å². The maximum atomic E-state index is 8.99. The van der Waals surface area contributed by atoms with Crippen LogP contribution in [0, 0.1) is 0 Å². The van der Waals surface area contributed by atoms with E-state index >= 15 is 0 Å². The van der Waals surface area contributed by atoms with E-state index in [0.29, 0.717) is 0 Å². The maximum Gasteiger partial charge on any atom is 0.164 e. The fourth-order valence-corrected chi connectivity index (χ4v) is 1.94. The van der Waals surface area contributed by atoms with Crippen molar-refractivity contribution < 1.29 is 10.2 Å². The molecule has 0 bridgehead atoms. The Morgan fingerprint density at radius 2 is 1.22 bits per heavy atom. The zero-order chi connectivity index (χ0) is 12.8. The molecule has 0 aliphatic carbocycles. The average molecular weight is 243 g/mol. The van der Waals surface area contributed by atoms with Gasteiger partial charge in [0.1, 0.15) is 0 Å². The van der Waals surface area contributed by atoms with E-state index in [-0.39, 0.29) is 12.6 Å². The summed E-state index contributed by atoms with van der Waals surface area (Å²) < 4.78 is 0. The van der Waals surface area contributed by atoms with Crippen molar-refractivity contribution in [2.45, 2.75) is 12.3 Å². The molecule has 2 aromatic carbocycles. The van der Waals surface area contributed by atoms with Crippen LogP contribution in [0.15, 0.2) is 60.7 Å². The van der Waals surface area contributed by atoms with Crippen LogP contribution in [0.1, 0.15) is 17.2 Å². The third-order valence-electron chi connectivity index (χ3n) is 2.77. The molecule has 0 heterocycles. The predicted octanol–water partition coefficient (Wildman–Crippen LogP) is 1.68. The molecular formula is C15H17NO2. The van der Waals surface area contributed by atoms with Gasteiger partial charge in [-0.3, -0.25) is 0 Å². The standard InChI is InChI=1S/C15H17NO2/c17-14(18)11-16-15(12-7-3-1-4-8-12)13-9-5-2-6-10-13/h1-10,14-18H,11H2. The summed E-state index contributed by atoms with van der Waals surface area (Å²) in [5.41, 5.74) is 2.20. The summed E-state index contributed by atoms with van der Waals surface area (Å²) in [4.78, 5) is 0. The average Bonchev–Trinajstić information content (AvgIpc) is 2.41. The normalized spacial score (nSPS) is 11.1. The van der Waals surface area contributed by atoms with Crippen LogP contribution < -0.4 is 5.32 Å². The van der Waals surface area contributed by atoms with Gasteiger partial charge in [-0.2, -0.15) is 0 Å². The van der Waals surface area contributed by atoms with Crippen LogP contribution in [0.5, 0.6) is 0 Å². The van der Waals surface area contributed by atoms with Crippen LogP contribution in [-0.4, -0.2) is 23.0 Å². The summed E-state index contributed by atoms with van der Waals surface area (Å²) in [6.07, 6.45) is -1.35. The van der Waals surface area contributed by atoms with Crippen molar-refractivity contribution in [1.29, 1.82) is 0 Å². The maximum absolute atomic E-state index is 8.99. The van der Waals surface area contributed by atoms with Gasteiger partial charge >= 0.3 is 0 Å². The van der Waals surface area contributed by atoms with E-state index in [4.69, 9.17) is 10.2 Å². The highest BCUT2D eigenvalue weighted by molar-refractivity contribution is 5.31. The van der Waals surface area contributed by atoms with Gasteiger partial charge in [0, 0.05) is 6.54 Å². The molecule has 0 radical (unpaired) electrons. The largest absolute Gasteiger partial charge is 0.367 e. The Balaban J connectivity index is 2.24. The topological polar surface area (TPSA) is 52.5 Å². The van der Waals surface area contributed by atoms with Gasteiger partial charge in [-0.05, 0) is 11.1 Å². The van der Waals surface area contributed by atoms with Crippen LogP contribution in [0.3, 0.4) is 0 Å². The van der Waals surface area contributed by atoms with Crippen LogP contribution >= 0.6 is 0 Å². The van der Waals surface area contributed by atoms with E-state index < -0.39 is 6.29 Å². The molecule has 2 rings (SSSR count). The lowest BCUT2D eigenvalue weighted by Crippen LogP contribution is -2.30. The summed E-state index contributed by atoms with van der Waals surface area (Å²) >= 11 is 0. The molecule has 18 heavy (non-hydrogen) atoms. The van der Waals surface area contributed by atoms with Crippen LogP contribution in [0.25, 0.3) is 0 Å². The fraction of sp³-hybridized carbons (Fsp3) is 0.200. The van der Waals surface area contributed by atoms with Crippen LogP contribution in [0.4, 0.5) is 0 Å². The van der Waals surface area contributed by atoms with Crippen molar-refractivity contribution in [3.05, 3.63) is 71.8 Å². The SMILES string of the molecule is OC(O)CNC(c1ccccc1)c1ccccc1. The van der Waals surface area contributed by atoms with Crippen molar-refractivity contribution >= 4 is 0 Å². The molecule has 2 aromatic rings. The molecule has 0 saturated heterocycles. The van der Waals surface area contributed by atoms with E-state index in [0.717, 1.165) is 11.1 Å². The van der Waals surface area contributed by atoms with E-state index in [1.54, 1.807) is 0 Å². The highest BCUT2D eigenvalue weighted by Gasteiger charge is 2.13. The second-order valence-corrected chi connectivity index (χ2v) is 4.14. The van der Waals surface area contributed by atoms with Gasteiger partial charge in [-0.15, -0.1) is 0 Å². The number of aliphatic hydroxyl groups is 2. The van der Waals surface area contributed by atoms with Gasteiger partial charge in [-0.25, -0.2) is 0 Å². The minimum Gasteiger partial charge on any atom is -0.367 e. The molecule has 0 unspecified atom stereocenters. The van der Waals surface area contributed by atoms with Gasteiger partial charge in [0.2, 0.25) is 0 Å². The van der Waals surface area contributed by atoms with Crippen molar-refractivity contribution in [1.82, 2.24) is 5.32 Å². The Hall–Kier alpha value is -1.68. The molecule has 0 atom stereocenters. The second-order valence-electron chi connectivity index (χ2n) is 4.14. The number of aliphatic hydroxyl groups excluding tert-OH is 1. The summed E-state index contributed by atoms with van der Waals surface area (Å²) in [7, 11) is 0. The minimum absolute atomic E-state index is 0.0331. The predicted molar refractivity (Wildman–Crippen MR) is 71.0 cm³/mol. The smallest absolute Gasteiger partial charge is 0.164 e. The highest BCUT2D eigenvalue weighted by atomic mass is 16.5. The van der Waals surface area contributed by atoms with E-state index in [1.165, 1.54) is 0 Å². The second kappa shape index (κ2) is 6.31. The number of benzene rings is 2. The molecule has 0 aliphatic heterocycles. The molecular weight excluding hydrogens is 226 g/mol. The molecule has 0 amide bonds. The molecule has 3 N–H and O–H groups in total. The summed E-state index contributed by atoms with van der Waals surface area (Å²) in [6.45, 7) is 0.133. The number of hydrogen-bond acceptors (Lipinski definition) is 3. The quantitative estimate of drug-likeness (QED) is 0.700. The molecule has 0 fully saturated rings. The summed E-state index contributed by atoms with van der Waals surface area (Å²) in [5.74, 6) is 0. The first-order valence-electron chi connectivity index (χ1n) is 5.97. The Morgan fingerprint density at radius 1 is 0.778 bits per heavy atom.